The zero-order chi connectivity index (χ0) is 27.1. The van der Waals surface area contributed by atoms with Crippen molar-refractivity contribution in [3.63, 3.8) is 0 Å². The van der Waals surface area contributed by atoms with Gasteiger partial charge in [-0.25, -0.2) is 0 Å². The van der Waals surface area contributed by atoms with Gasteiger partial charge in [0.05, 0.1) is 0 Å². The second-order valence-corrected chi connectivity index (χ2v) is 15.4. The van der Waals surface area contributed by atoms with Gasteiger partial charge in [0.1, 0.15) is 6.10 Å². The Balaban J connectivity index is 1.41. The van der Waals surface area contributed by atoms with Gasteiger partial charge < -0.3 is 10.1 Å². The largest absolute Gasteiger partial charge is 0.462 e. The van der Waals surface area contributed by atoms with E-state index >= 15 is 0 Å². The minimum Gasteiger partial charge on any atom is -0.462 e. The van der Waals surface area contributed by atoms with Gasteiger partial charge in [-0.1, -0.05) is 84.8 Å². The van der Waals surface area contributed by atoms with Crippen LogP contribution in [-0.2, 0) is 9.53 Å². The highest BCUT2D eigenvalue weighted by Crippen LogP contribution is 2.67. The van der Waals surface area contributed by atoms with Gasteiger partial charge in [0.15, 0.2) is 0 Å². The van der Waals surface area contributed by atoms with Crippen molar-refractivity contribution in [1.29, 1.82) is 0 Å². The molecule has 0 spiro atoms. The second kappa shape index (κ2) is 11.6. The third-order valence-electron chi connectivity index (χ3n) is 12.7. The van der Waals surface area contributed by atoms with E-state index in [0.717, 1.165) is 48.3 Å². The van der Waals surface area contributed by atoms with Crippen molar-refractivity contribution in [3.8, 4) is 0 Å². The molecule has 0 saturated heterocycles. The van der Waals surface area contributed by atoms with E-state index in [4.69, 9.17) is 4.74 Å². The van der Waals surface area contributed by atoms with Crippen molar-refractivity contribution in [2.45, 2.75) is 156 Å². The number of esters is 1. The van der Waals surface area contributed by atoms with Gasteiger partial charge in [-0.05, 0) is 97.7 Å². The van der Waals surface area contributed by atoms with E-state index in [2.05, 4.69) is 46.0 Å². The van der Waals surface area contributed by atoms with E-state index in [9.17, 15) is 4.79 Å². The SMILES string of the molecule is CC(=O)O[C@H]1CC[C@@]2(C)C(=C[C@@H](NC3CCCCC3)[C@H]3[C@@H]4CC[C@H]([C@@H](C)CCCC(C)C)[C@@]4(C)CC[C@@H]32)C1. The van der Waals surface area contributed by atoms with Gasteiger partial charge in [-0.3, -0.25) is 4.79 Å². The molecule has 3 heteroatoms. The first-order valence-electron chi connectivity index (χ1n) is 16.8. The van der Waals surface area contributed by atoms with Gasteiger partial charge in [0, 0.05) is 25.4 Å². The summed E-state index contributed by atoms with van der Waals surface area (Å²) in [6, 6.07) is 1.19. The number of carbonyl (C=O) groups is 1. The third kappa shape index (κ3) is 5.53. The summed E-state index contributed by atoms with van der Waals surface area (Å²) in [5, 5.41) is 4.30. The van der Waals surface area contributed by atoms with E-state index in [0.29, 0.717) is 17.5 Å². The molecular formula is C35H59NO2. The fourth-order valence-electron chi connectivity index (χ4n) is 10.7. The van der Waals surface area contributed by atoms with Gasteiger partial charge in [0.2, 0.25) is 0 Å². The molecule has 0 aliphatic heterocycles. The molecule has 4 saturated carbocycles. The molecule has 0 unspecified atom stereocenters. The van der Waals surface area contributed by atoms with Crippen LogP contribution in [0.3, 0.4) is 0 Å². The normalized spacial score (nSPS) is 42.1. The van der Waals surface area contributed by atoms with Crippen molar-refractivity contribution in [3.05, 3.63) is 11.6 Å². The number of ether oxygens (including phenoxy) is 1. The molecule has 0 aromatic carbocycles. The van der Waals surface area contributed by atoms with Crippen molar-refractivity contribution in [2.75, 3.05) is 0 Å². The summed E-state index contributed by atoms with van der Waals surface area (Å²) < 4.78 is 5.78. The molecule has 0 amide bonds. The zero-order valence-electron chi connectivity index (χ0n) is 25.7. The number of fused-ring (bicyclic) bond motifs is 5. The summed E-state index contributed by atoms with van der Waals surface area (Å²) in [7, 11) is 0. The van der Waals surface area contributed by atoms with Crippen molar-refractivity contribution in [1.82, 2.24) is 5.32 Å². The highest BCUT2D eigenvalue weighted by atomic mass is 16.5. The summed E-state index contributed by atoms with van der Waals surface area (Å²) in [6.45, 7) is 14.3. The third-order valence-corrected chi connectivity index (χ3v) is 12.7. The molecule has 38 heavy (non-hydrogen) atoms. The molecule has 5 rings (SSSR count). The standard InChI is InChI=1S/C35H59NO2/c1-23(2)11-10-12-24(3)29-15-16-30-33-31(18-20-35(29,30)6)34(5)19-17-28(38-25(4)37)21-26(34)22-32(33)36-27-13-8-7-9-14-27/h22-24,27-33,36H,7-21H2,1-6H3/t24-,28-,29+,30-,31-,32+,33-,34-,35+/m0/s1. The van der Waals surface area contributed by atoms with E-state index in [1.165, 1.54) is 83.5 Å². The van der Waals surface area contributed by atoms with Crippen LogP contribution in [0.2, 0.25) is 0 Å². The Bertz CT molecular complexity index is 858. The zero-order valence-corrected chi connectivity index (χ0v) is 25.7. The van der Waals surface area contributed by atoms with Crippen molar-refractivity contribution < 1.29 is 9.53 Å². The fourth-order valence-corrected chi connectivity index (χ4v) is 10.7. The van der Waals surface area contributed by atoms with E-state index in [1.807, 2.05) is 0 Å². The Labute approximate surface area is 234 Å². The number of rotatable bonds is 8. The molecule has 5 aliphatic carbocycles. The lowest BCUT2D eigenvalue weighted by Gasteiger charge is -2.60. The first-order chi connectivity index (χ1) is 18.1. The summed E-state index contributed by atoms with van der Waals surface area (Å²) in [6.07, 6.45) is 22.8. The molecule has 1 N–H and O–H groups in total. The van der Waals surface area contributed by atoms with Gasteiger partial charge in [-0.2, -0.15) is 0 Å². The molecule has 0 bridgehead atoms. The number of hydrogen-bond acceptors (Lipinski definition) is 3. The Hall–Kier alpha value is -0.830. The van der Waals surface area contributed by atoms with Crippen LogP contribution in [0.25, 0.3) is 0 Å². The van der Waals surface area contributed by atoms with E-state index in [1.54, 1.807) is 12.5 Å². The molecule has 9 atom stereocenters. The van der Waals surface area contributed by atoms with Gasteiger partial charge >= 0.3 is 5.97 Å². The average molecular weight is 526 g/mol. The molecule has 5 aliphatic rings. The smallest absolute Gasteiger partial charge is 0.302 e. The van der Waals surface area contributed by atoms with Crippen LogP contribution in [0, 0.1) is 46.3 Å². The predicted molar refractivity (Wildman–Crippen MR) is 158 cm³/mol. The maximum Gasteiger partial charge on any atom is 0.302 e. The minimum atomic E-state index is -0.113. The van der Waals surface area contributed by atoms with Crippen LogP contribution in [0.4, 0.5) is 0 Å². The molecule has 0 aromatic heterocycles. The summed E-state index contributed by atoms with van der Waals surface area (Å²) in [5.41, 5.74) is 2.40. The second-order valence-electron chi connectivity index (χ2n) is 15.4. The lowest BCUT2D eigenvalue weighted by Crippen LogP contribution is -2.59. The van der Waals surface area contributed by atoms with Crippen LogP contribution in [-0.4, -0.2) is 24.2 Å². The maximum atomic E-state index is 11.8. The number of hydrogen-bond donors (Lipinski definition) is 1. The van der Waals surface area contributed by atoms with Crippen LogP contribution in [0.1, 0.15) is 138 Å². The molecule has 3 nitrogen and oxygen atoms in total. The first kappa shape index (κ1) is 28.7. The van der Waals surface area contributed by atoms with E-state index in [-0.39, 0.29) is 17.5 Å². The summed E-state index contributed by atoms with van der Waals surface area (Å²) in [4.78, 5) is 11.8. The van der Waals surface area contributed by atoms with Crippen molar-refractivity contribution >= 4 is 5.97 Å². The number of carbonyl (C=O) groups excluding carboxylic acids is 1. The lowest BCUT2D eigenvalue weighted by molar-refractivity contribution is -0.149. The maximum absolute atomic E-state index is 11.8. The van der Waals surface area contributed by atoms with Gasteiger partial charge in [-0.15, -0.1) is 0 Å². The molecular weight excluding hydrogens is 466 g/mol. The first-order valence-corrected chi connectivity index (χ1v) is 16.8. The Morgan fingerprint density at radius 1 is 0.974 bits per heavy atom. The van der Waals surface area contributed by atoms with Crippen molar-refractivity contribution in [2.24, 2.45) is 46.3 Å². The van der Waals surface area contributed by atoms with Gasteiger partial charge in [0.25, 0.3) is 0 Å². The summed E-state index contributed by atoms with van der Waals surface area (Å²) >= 11 is 0. The Morgan fingerprint density at radius 3 is 2.45 bits per heavy atom. The topological polar surface area (TPSA) is 38.3 Å². The molecule has 216 valence electrons. The highest BCUT2D eigenvalue weighted by Gasteiger charge is 2.61. The number of nitrogens with one attached hydrogen (secondary N) is 1. The van der Waals surface area contributed by atoms with Crippen LogP contribution >= 0.6 is 0 Å². The highest BCUT2D eigenvalue weighted by molar-refractivity contribution is 5.66. The average Bonchev–Trinajstić information content (AvgIpc) is 3.22. The fraction of sp³-hybridized carbons (Fsp3) is 0.914. The van der Waals surface area contributed by atoms with Crippen LogP contribution in [0.15, 0.2) is 11.6 Å². The summed E-state index contributed by atoms with van der Waals surface area (Å²) in [5.74, 6) is 4.86. The Kier molecular flexibility index (Phi) is 8.74. The quantitative estimate of drug-likeness (QED) is 0.254. The lowest BCUT2D eigenvalue weighted by atomic mass is 9.46. The monoisotopic (exact) mass is 525 g/mol. The minimum absolute atomic E-state index is 0.0788. The molecule has 0 aromatic rings. The Morgan fingerprint density at radius 2 is 1.74 bits per heavy atom. The molecule has 0 heterocycles. The van der Waals surface area contributed by atoms with E-state index < -0.39 is 0 Å². The molecule has 4 fully saturated rings. The van der Waals surface area contributed by atoms with Crippen LogP contribution in [0.5, 0.6) is 0 Å². The van der Waals surface area contributed by atoms with Crippen LogP contribution < -0.4 is 5.32 Å². The molecule has 0 radical (unpaired) electrons. The predicted octanol–water partition coefficient (Wildman–Crippen LogP) is 8.86.